The number of hydrogen-bond donors (Lipinski definition) is 0. The molecule has 8 heteroatoms. The summed E-state index contributed by atoms with van der Waals surface area (Å²) >= 11 is 6.36. The van der Waals surface area contributed by atoms with E-state index in [1.165, 1.54) is 11.1 Å². The van der Waals surface area contributed by atoms with Crippen LogP contribution in [0.2, 0.25) is 5.02 Å². The van der Waals surface area contributed by atoms with Gasteiger partial charge in [0, 0.05) is 29.6 Å². The van der Waals surface area contributed by atoms with Gasteiger partial charge in [-0.2, -0.15) is 10.6 Å². The lowest BCUT2D eigenvalue weighted by Crippen LogP contribution is -2.41. The molecule has 1 fully saturated rings. The topological polar surface area (TPSA) is 76.0 Å². The highest BCUT2D eigenvalue weighted by Crippen LogP contribution is 2.40. The molecule has 2 bridgehead atoms. The Bertz CT molecular complexity index is 1330. The molecule has 202 valence electrons. The number of ether oxygens (including phenoxy) is 1. The Balaban J connectivity index is 1.60. The molecule has 0 spiro atoms. The first kappa shape index (κ1) is 26.9. The Labute approximate surface area is 231 Å². The van der Waals surface area contributed by atoms with E-state index in [2.05, 4.69) is 15.3 Å². The van der Waals surface area contributed by atoms with Crippen LogP contribution in [0.1, 0.15) is 60.5 Å². The van der Waals surface area contributed by atoms with Gasteiger partial charge in [-0.15, -0.1) is 0 Å². The van der Waals surface area contributed by atoms with Gasteiger partial charge in [0.25, 0.3) is 5.91 Å². The van der Waals surface area contributed by atoms with Crippen LogP contribution >= 0.6 is 11.6 Å². The number of carbonyl (C=O) groups excluding carboxylic acids is 2. The minimum Gasteiger partial charge on any atom is -0.491 e. The number of hydrogen-bond acceptors (Lipinski definition) is 6. The number of benzene rings is 2. The summed E-state index contributed by atoms with van der Waals surface area (Å²) in [5, 5.41) is 0.719. The molecule has 0 saturated heterocycles. The second-order valence-electron chi connectivity index (χ2n) is 10.8. The largest absolute Gasteiger partial charge is 0.491 e. The van der Waals surface area contributed by atoms with E-state index in [0.29, 0.717) is 37.4 Å². The van der Waals surface area contributed by atoms with Crippen molar-refractivity contribution in [3.8, 4) is 5.75 Å². The van der Waals surface area contributed by atoms with Crippen LogP contribution in [0, 0.1) is 17.8 Å². The van der Waals surface area contributed by atoms with Gasteiger partial charge >= 0.3 is 0 Å². The normalized spacial score (nSPS) is 26.1. The first-order chi connectivity index (χ1) is 18.4. The summed E-state index contributed by atoms with van der Waals surface area (Å²) in [6.45, 7) is 3.79. The van der Waals surface area contributed by atoms with Crippen molar-refractivity contribution >= 4 is 39.6 Å². The number of aryl methyl sites for hydroxylation is 1. The van der Waals surface area contributed by atoms with Crippen LogP contribution in [0.4, 0.5) is 5.69 Å². The predicted octanol–water partition coefficient (Wildman–Crippen LogP) is 6.54. The van der Waals surface area contributed by atoms with Crippen molar-refractivity contribution in [3.05, 3.63) is 70.3 Å². The van der Waals surface area contributed by atoms with Crippen LogP contribution in [-0.4, -0.2) is 30.6 Å². The molecule has 38 heavy (non-hydrogen) atoms. The van der Waals surface area contributed by atoms with Gasteiger partial charge in [0.05, 0.1) is 12.3 Å². The summed E-state index contributed by atoms with van der Waals surface area (Å²) in [5.74, 6) is 0.896. The summed E-state index contributed by atoms with van der Waals surface area (Å²) in [6.07, 6.45) is 8.85. The van der Waals surface area contributed by atoms with E-state index in [-0.39, 0.29) is 29.3 Å². The Morgan fingerprint density at radius 3 is 2.76 bits per heavy atom. The number of allylic oxidation sites excluding steroid dienone is 2. The molecule has 2 heterocycles. The van der Waals surface area contributed by atoms with Crippen molar-refractivity contribution in [2.24, 2.45) is 22.1 Å². The van der Waals surface area contributed by atoms with Crippen molar-refractivity contribution in [1.29, 1.82) is 0 Å². The number of carbonyl (C=O) groups is 2. The molecule has 3 aliphatic rings. The predicted molar refractivity (Wildman–Crippen MR) is 151 cm³/mol. The number of rotatable bonds is 0. The number of ketones is 1. The molecule has 3 atom stereocenters. The van der Waals surface area contributed by atoms with E-state index in [4.69, 9.17) is 16.3 Å². The standard InChI is InChI=1S/C30H34ClN2O4S/c1-20-5-4-7-28(34)26-12-9-24(26)18-33-17-23-8-11-25(31)15-21(23)6-2-3-14-37-29-13-10-22(16-27(29)33)30(35)32-38(36)19-20/h4,7-8,10-11,13,15-16,20,24,26H,2-3,5-6,9,12,14,17-19H2,1H3/q-1/b7-4+/t20-,24-,26+/m0/s1. The fourth-order valence-corrected chi connectivity index (χ4v) is 6.72. The van der Waals surface area contributed by atoms with Gasteiger partial charge in [-0.05, 0) is 92.0 Å². The lowest BCUT2D eigenvalue weighted by Gasteiger charge is -2.40. The Hall–Kier alpha value is -2.64. The van der Waals surface area contributed by atoms with E-state index in [0.717, 1.165) is 42.8 Å². The van der Waals surface area contributed by atoms with E-state index in [1.807, 2.05) is 37.3 Å². The highest BCUT2D eigenvalue weighted by Gasteiger charge is 2.37. The zero-order valence-electron chi connectivity index (χ0n) is 21.7. The fourth-order valence-electron chi connectivity index (χ4n) is 5.53. The van der Waals surface area contributed by atoms with Gasteiger partial charge in [0.2, 0.25) is 0 Å². The van der Waals surface area contributed by atoms with Gasteiger partial charge < -0.3 is 18.2 Å². The molecular weight excluding hydrogens is 520 g/mol. The number of amides is 1. The second-order valence-corrected chi connectivity index (χ2v) is 12.4. The van der Waals surface area contributed by atoms with E-state index >= 15 is 0 Å². The van der Waals surface area contributed by atoms with E-state index < -0.39 is 16.5 Å². The van der Waals surface area contributed by atoms with Crippen LogP contribution in [0.15, 0.2) is 52.9 Å². The van der Waals surface area contributed by atoms with Crippen LogP contribution in [0.5, 0.6) is 5.75 Å². The maximum Gasteiger partial charge on any atom is 0.254 e. The highest BCUT2D eigenvalue weighted by molar-refractivity contribution is 7.75. The van der Waals surface area contributed by atoms with Crippen molar-refractivity contribution in [1.82, 2.24) is 0 Å². The highest BCUT2D eigenvalue weighted by atomic mass is 35.5. The maximum atomic E-state index is 13.1. The second kappa shape index (κ2) is 12.0. The van der Waals surface area contributed by atoms with Gasteiger partial charge in [-0.25, -0.2) is 0 Å². The van der Waals surface area contributed by atoms with E-state index in [9.17, 15) is 13.8 Å². The molecule has 0 radical (unpaired) electrons. The quantitative estimate of drug-likeness (QED) is 0.346. The molecule has 0 aromatic heterocycles. The van der Waals surface area contributed by atoms with Crippen molar-refractivity contribution < 1.29 is 18.5 Å². The molecule has 5 rings (SSSR count). The lowest BCUT2D eigenvalue weighted by molar-refractivity contribution is -0.122. The number of fused-ring (bicyclic) bond motifs is 3. The summed E-state index contributed by atoms with van der Waals surface area (Å²) in [4.78, 5) is 28.4. The summed E-state index contributed by atoms with van der Waals surface area (Å²) in [5.41, 5.74) is 3.57. The molecule has 6 nitrogen and oxygen atoms in total. The third kappa shape index (κ3) is 6.32. The molecule has 1 amide bonds. The molecule has 1 saturated carbocycles. The van der Waals surface area contributed by atoms with Crippen molar-refractivity contribution in [3.63, 3.8) is 0 Å². The minimum absolute atomic E-state index is 0.0179. The zero-order chi connectivity index (χ0) is 26.6. The molecule has 2 aromatic rings. The average molecular weight is 554 g/mol. The first-order valence-electron chi connectivity index (χ1n) is 13.5. The van der Waals surface area contributed by atoms with Crippen molar-refractivity contribution in [2.45, 2.75) is 52.0 Å². The molecule has 1 aliphatic carbocycles. The molecule has 0 N–H and O–H groups in total. The Morgan fingerprint density at radius 1 is 1.08 bits per heavy atom. The minimum atomic E-state index is -1.64. The molecule has 0 unspecified atom stereocenters. The van der Waals surface area contributed by atoms with Crippen LogP contribution in [0.25, 0.3) is 0 Å². The van der Waals surface area contributed by atoms with Gasteiger partial charge in [-0.1, -0.05) is 42.3 Å². The maximum absolute atomic E-state index is 13.1. The summed E-state index contributed by atoms with van der Waals surface area (Å²) in [7, 11) is -1.64. The first-order valence-corrected chi connectivity index (χ1v) is 15.2. The Morgan fingerprint density at radius 2 is 1.95 bits per heavy atom. The lowest BCUT2D eigenvalue weighted by atomic mass is 9.71. The zero-order valence-corrected chi connectivity index (χ0v) is 23.3. The third-order valence-electron chi connectivity index (χ3n) is 7.84. The van der Waals surface area contributed by atoms with Gasteiger partial charge in [-0.3, -0.25) is 9.59 Å². The van der Waals surface area contributed by atoms with Crippen LogP contribution in [-0.2, 0) is 32.6 Å². The summed E-state index contributed by atoms with van der Waals surface area (Å²) in [6, 6.07) is 11.4. The average Bonchev–Trinajstić information content (AvgIpc) is 2.88. The molecule has 2 aromatic carbocycles. The number of halogens is 1. The molecular formula is C30H34ClN2O4S-. The summed E-state index contributed by atoms with van der Waals surface area (Å²) < 4.78 is 22.9. The smallest absolute Gasteiger partial charge is 0.254 e. The van der Waals surface area contributed by atoms with E-state index in [1.54, 1.807) is 12.1 Å². The number of nitrogens with zero attached hydrogens (tertiary/aromatic N) is 2. The van der Waals surface area contributed by atoms with Gasteiger partial charge in [0.15, 0.2) is 5.78 Å². The number of anilines is 1. The Kier molecular flexibility index (Phi) is 8.54. The SMILES string of the molecule is C[C@H]1C/C=C/C(=O)[C@@H]2CC[C@H]2CN2Cc3ccc(Cl)cc3CCCCOc3ccc(cc32)C(=O)N=[S-](=O)C1. The van der Waals surface area contributed by atoms with Crippen molar-refractivity contribution in [2.75, 3.05) is 23.8 Å². The van der Waals surface area contributed by atoms with Gasteiger partial charge in [0.1, 0.15) is 5.75 Å². The fraction of sp³-hybridized carbons (Fsp3) is 0.467. The third-order valence-corrected chi connectivity index (χ3v) is 9.30. The van der Waals surface area contributed by atoms with Crippen LogP contribution in [0.3, 0.4) is 0 Å². The van der Waals surface area contributed by atoms with Crippen LogP contribution < -0.4 is 9.64 Å². The monoisotopic (exact) mass is 553 g/mol. The molecule has 2 aliphatic heterocycles.